The average molecular weight is 365 g/mol. The summed E-state index contributed by atoms with van der Waals surface area (Å²) in [6.07, 6.45) is 19.7. The molecular weight excluding hydrogens is 324 g/mol. The molecule has 0 radical (unpaired) electrons. The Labute approximate surface area is 157 Å². The third-order valence-corrected chi connectivity index (χ3v) is 6.83. The minimum Gasteiger partial charge on any atom is -0.179 e. The first-order chi connectivity index (χ1) is 10.7. The maximum absolute atomic E-state index is 4.48. The van der Waals surface area contributed by atoms with Crippen LogP contribution < -0.4 is 0 Å². The van der Waals surface area contributed by atoms with Crippen LogP contribution in [0, 0.1) is 5.41 Å². The van der Waals surface area contributed by atoms with Crippen molar-refractivity contribution in [3.63, 3.8) is 0 Å². The van der Waals surface area contributed by atoms with Crippen molar-refractivity contribution in [3.8, 4) is 0 Å². The molecule has 3 heteroatoms. The van der Waals surface area contributed by atoms with Crippen LogP contribution in [-0.4, -0.2) is 17.3 Å². The molecule has 134 valence electrons. The van der Waals surface area contributed by atoms with Gasteiger partial charge in [0.05, 0.1) is 0 Å². The second-order valence-corrected chi connectivity index (χ2v) is 7.92. The molecule has 0 aromatic rings. The van der Waals surface area contributed by atoms with Crippen molar-refractivity contribution < 1.29 is 0 Å². The molecule has 0 atom stereocenters. The van der Waals surface area contributed by atoms with Crippen molar-refractivity contribution >= 4 is 37.9 Å². The molecule has 0 bridgehead atoms. The lowest BCUT2D eigenvalue weighted by Gasteiger charge is -2.28. The second kappa shape index (κ2) is 16.9. The molecule has 0 N–H and O–H groups in total. The van der Waals surface area contributed by atoms with Gasteiger partial charge in [-0.05, 0) is 29.1 Å². The Hall–Kier alpha value is 1.05. The van der Waals surface area contributed by atoms with Gasteiger partial charge >= 0.3 is 0 Å². The first kappa shape index (κ1) is 23.1. The molecule has 0 aliphatic carbocycles. The molecule has 0 saturated carbocycles. The summed E-state index contributed by atoms with van der Waals surface area (Å²) in [4.78, 5) is 0. The van der Waals surface area contributed by atoms with Crippen molar-refractivity contribution in [1.82, 2.24) is 0 Å². The van der Waals surface area contributed by atoms with E-state index < -0.39 is 0 Å². The van der Waals surface area contributed by atoms with E-state index in [2.05, 4.69) is 44.8 Å². The molecule has 0 unspecified atom stereocenters. The third kappa shape index (κ3) is 12.5. The Kier molecular flexibility index (Phi) is 17.7. The van der Waals surface area contributed by atoms with Crippen molar-refractivity contribution in [1.29, 1.82) is 0 Å². The van der Waals surface area contributed by atoms with Gasteiger partial charge < -0.3 is 0 Å². The van der Waals surface area contributed by atoms with Gasteiger partial charge in [0.1, 0.15) is 0 Å². The zero-order valence-corrected chi connectivity index (χ0v) is 17.5. The van der Waals surface area contributed by atoms with Gasteiger partial charge in [-0.1, -0.05) is 90.4 Å². The standard InChI is InChI=1S/C19H40S3/c1-2-3-4-5-6-7-8-9-10-11-12-13-14-15-19(16-20,17-21)18-22/h20-22H,2-18H2,1H3. The van der Waals surface area contributed by atoms with Gasteiger partial charge in [-0.15, -0.1) is 0 Å². The average Bonchev–Trinajstić information content (AvgIpc) is 2.56. The highest BCUT2D eigenvalue weighted by Crippen LogP contribution is 2.29. The van der Waals surface area contributed by atoms with Crippen LogP contribution in [0.5, 0.6) is 0 Å². The van der Waals surface area contributed by atoms with Gasteiger partial charge in [-0.25, -0.2) is 0 Å². The Bertz CT molecular complexity index is 206. The summed E-state index contributed by atoms with van der Waals surface area (Å²) in [5.41, 5.74) is 0.257. The van der Waals surface area contributed by atoms with Crippen LogP contribution in [0.2, 0.25) is 0 Å². The number of unbranched alkanes of at least 4 members (excludes halogenated alkanes) is 12. The Balaban J connectivity index is 3.27. The van der Waals surface area contributed by atoms with Gasteiger partial charge in [-0.2, -0.15) is 37.9 Å². The van der Waals surface area contributed by atoms with Crippen molar-refractivity contribution in [2.45, 2.75) is 96.8 Å². The largest absolute Gasteiger partial charge is 0.179 e. The summed E-state index contributed by atoms with van der Waals surface area (Å²) in [7, 11) is 0. The van der Waals surface area contributed by atoms with Gasteiger partial charge in [0.25, 0.3) is 0 Å². The van der Waals surface area contributed by atoms with E-state index in [4.69, 9.17) is 0 Å². The molecule has 0 saturated heterocycles. The lowest BCUT2D eigenvalue weighted by Crippen LogP contribution is -2.27. The van der Waals surface area contributed by atoms with Crippen LogP contribution in [-0.2, 0) is 0 Å². The molecule has 0 aromatic carbocycles. The van der Waals surface area contributed by atoms with Gasteiger partial charge in [0.15, 0.2) is 0 Å². The number of thiol groups is 3. The highest BCUT2D eigenvalue weighted by Gasteiger charge is 2.24. The monoisotopic (exact) mass is 364 g/mol. The predicted octanol–water partition coefficient (Wildman–Crippen LogP) is 7.24. The van der Waals surface area contributed by atoms with E-state index in [0.717, 1.165) is 17.3 Å². The van der Waals surface area contributed by atoms with E-state index in [9.17, 15) is 0 Å². The quantitative estimate of drug-likeness (QED) is 0.176. The molecule has 0 fully saturated rings. The van der Waals surface area contributed by atoms with Crippen molar-refractivity contribution in [2.24, 2.45) is 5.41 Å². The minimum atomic E-state index is 0.257. The highest BCUT2D eigenvalue weighted by atomic mass is 32.1. The molecule has 0 amide bonds. The summed E-state index contributed by atoms with van der Waals surface area (Å²) in [6.45, 7) is 2.29. The van der Waals surface area contributed by atoms with Crippen LogP contribution in [0.4, 0.5) is 0 Å². The highest BCUT2D eigenvalue weighted by molar-refractivity contribution is 7.82. The van der Waals surface area contributed by atoms with Crippen molar-refractivity contribution in [2.75, 3.05) is 17.3 Å². The molecule has 22 heavy (non-hydrogen) atoms. The lowest BCUT2D eigenvalue weighted by atomic mass is 9.88. The van der Waals surface area contributed by atoms with Crippen LogP contribution in [0.25, 0.3) is 0 Å². The Morgan fingerprint density at radius 1 is 0.500 bits per heavy atom. The van der Waals surface area contributed by atoms with E-state index in [1.54, 1.807) is 0 Å². The maximum atomic E-state index is 4.48. The summed E-state index contributed by atoms with van der Waals surface area (Å²) < 4.78 is 0. The fourth-order valence-electron chi connectivity index (χ4n) is 2.90. The molecular formula is C19H40S3. The fourth-order valence-corrected chi connectivity index (χ4v) is 4.58. The molecule has 0 rings (SSSR count). The summed E-state index contributed by atoms with van der Waals surface area (Å²) >= 11 is 13.4. The summed E-state index contributed by atoms with van der Waals surface area (Å²) in [6, 6.07) is 0. The van der Waals surface area contributed by atoms with Gasteiger partial charge in [0, 0.05) is 0 Å². The molecule has 0 spiro atoms. The molecule has 0 aliphatic rings. The van der Waals surface area contributed by atoms with E-state index in [1.807, 2.05) is 0 Å². The first-order valence-corrected chi connectivity index (χ1v) is 11.5. The second-order valence-electron chi connectivity index (χ2n) is 6.97. The molecule has 0 aromatic heterocycles. The van der Waals surface area contributed by atoms with E-state index >= 15 is 0 Å². The zero-order chi connectivity index (χ0) is 16.5. The molecule has 0 nitrogen and oxygen atoms in total. The topological polar surface area (TPSA) is 0 Å². The Morgan fingerprint density at radius 2 is 0.818 bits per heavy atom. The van der Waals surface area contributed by atoms with E-state index in [-0.39, 0.29) is 5.41 Å². The molecule has 0 aliphatic heterocycles. The normalized spacial score (nSPS) is 12.0. The van der Waals surface area contributed by atoms with E-state index in [0.29, 0.717) is 0 Å². The summed E-state index contributed by atoms with van der Waals surface area (Å²) in [5.74, 6) is 2.74. The maximum Gasteiger partial charge on any atom is -0.00255 e. The first-order valence-electron chi connectivity index (χ1n) is 9.57. The van der Waals surface area contributed by atoms with Gasteiger partial charge in [-0.3, -0.25) is 0 Å². The zero-order valence-electron chi connectivity index (χ0n) is 14.9. The van der Waals surface area contributed by atoms with Crippen LogP contribution >= 0.6 is 37.9 Å². The Morgan fingerprint density at radius 3 is 1.14 bits per heavy atom. The SMILES string of the molecule is CCCCCCCCCCCCCCCC(CS)(CS)CS. The van der Waals surface area contributed by atoms with Crippen LogP contribution in [0.3, 0.4) is 0 Å². The van der Waals surface area contributed by atoms with Crippen LogP contribution in [0.1, 0.15) is 96.8 Å². The number of rotatable bonds is 17. The fraction of sp³-hybridized carbons (Fsp3) is 1.00. The molecule has 0 heterocycles. The van der Waals surface area contributed by atoms with Gasteiger partial charge in [0.2, 0.25) is 0 Å². The smallest absolute Gasteiger partial charge is 0.00255 e. The lowest BCUT2D eigenvalue weighted by molar-refractivity contribution is 0.383. The van der Waals surface area contributed by atoms with Crippen molar-refractivity contribution in [3.05, 3.63) is 0 Å². The van der Waals surface area contributed by atoms with Crippen LogP contribution in [0.15, 0.2) is 0 Å². The predicted molar refractivity (Wildman–Crippen MR) is 114 cm³/mol. The summed E-state index contributed by atoms with van der Waals surface area (Å²) in [5, 5.41) is 0. The van der Waals surface area contributed by atoms with E-state index in [1.165, 1.54) is 89.9 Å². The number of hydrogen-bond donors (Lipinski definition) is 3. The number of hydrogen-bond acceptors (Lipinski definition) is 3. The third-order valence-electron chi connectivity index (χ3n) is 4.82. The minimum absolute atomic E-state index is 0.257.